The third-order valence-corrected chi connectivity index (χ3v) is 6.49. The number of thiophene rings is 1. The summed E-state index contributed by atoms with van der Waals surface area (Å²) in [5.41, 5.74) is 1.46. The predicted molar refractivity (Wildman–Crippen MR) is 117 cm³/mol. The molecule has 8 nitrogen and oxygen atoms in total. The fraction of sp³-hybridized carbons (Fsp3) is 0.250. The molecule has 4 rings (SSSR count). The second-order valence-corrected chi connectivity index (χ2v) is 8.49. The molecule has 0 unspecified atom stereocenters. The van der Waals surface area contributed by atoms with Crippen molar-refractivity contribution in [3.05, 3.63) is 51.2 Å². The molecular formula is C20H20N4O4S2. The van der Waals surface area contributed by atoms with Gasteiger partial charge in [0.25, 0.3) is 5.91 Å². The van der Waals surface area contributed by atoms with E-state index in [1.165, 1.54) is 29.8 Å². The van der Waals surface area contributed by atoms with Gasteiger partial charge in [0.05, 0.1) is 37.0 Å². The summed E-state index contributed by atoms with van der Waals surface area (Å²) in [5, 5.41) is 8.14. The number of anilines is 2. The molecule has 0 saturated carbocycles. The van der Waals surface area contributed by atoms with Crippen molar-refractivity contribution in [3.8, 4) is 11.5 Å². The SMILES string of the molecule is COc1cccc(NC(=O)N2CCc3nc(NC(=O)c4cccs4)sc3C2)c1OC. The molecular weight excluding hydrogens is 424 g/mol. The summed E-state index contributed by atoms with van der Waals surface area (Å²) in [4.78, 5) is 32.9. The Morgan fingerprint density at radius 3 is 2.73 bits per heavy atom. The number of aromatic nitrogens is 1. The van der Waals surface area contributed by atoms with Gasteiger partial charge in [0.15, 0.2) is 16.6 Å². The molecule has 0 saturated heterocycles. The number of thiazole rings is 1. The number of nitrogens with one attached hydrogen (secondary N) is 2. The molecule has 10 heteroatoms. The van der Waals surface area contributed by atoms with Crippen molar-refractivity contribution in [2.45, 2.75) is 13.0 Å². The van der Waals surface area contributed by atoms with Crippen molar-refractivity contribution in [3.63, 3.8) is 0 Å². The van der Waals surface area contributed by atoms with E-state index in [2.05, 4.69) is 15.6 Å². The number of rotatable bonds is 5. The molecule has 0 aliphatic carbocycles. The third-order valence-electron chi connectivity index (χ3n) is 4.63. The molecule has 156 valence electrons. The fourth-order valence-electron chi connectivity index (χ4n) is 3.17. The fourth-order valence-corrected chi connectivity index (χ4v) is 4.81. The van der Waals surface area contributed by atoms with Gasteiger partial charge in [-0.15, -0.1) is 11.3 Å². The van der Waals surface area contributed by atoms with Gasteiger partial charge in [-0.1, -0.05) is 23.5 Å². The molecule has 0 atom stereocenters. The Morgan fingerprint density at radius 2 is 2.00 bits per heavy atom. The zero-order chi connectivity index (χ0) is 21.1. The molecule has 0 bridgehead atoms. The number of para-hydroxylation sites is 1. The lowest BCUT2D eigenvalue weighted by molar-refractivity contribution is 0.103. The van der Waals surface area contributed by atoms with E-state index in [9.17, 15) is 9.59 Å². The quantitative estimate of drug-likeness (QED) is 0.619. The first-order chi connectivity index (χ1) is 14.6. The van der Waals surface area contributed by atoms with Gasteiger partial charge in [-0.2, -0.15) is 0 Å². The number of nitrogens with zero attached hydrogens (tertiary/aromatic N) is 2. The van der Waals surface area contributed by atoms with Crippen molar-refractivity contribution >= 4 is 45.4 Å². The molecule has 30 heavy (non-hydrogen) atoms. The van der Waals surface area contributed by atoms with Crippen molar-refractivity contribution in [2.75, 3.05) is 31.4 Å². The highest BCUT2D eigenvalue weighted by molar-refractivity contribution is 7.16. The number of fused-ring (bicyclic) bond motifs is 1. The Hall–Kier alpha value is -3.11. The molecule has 0 fully saturated rings. The second kappa shape index (κ2) is 8.72. The van der Waals surface area contributed by atoms with Gasteiger partial charge in [-0.05, 0) is 23.6 Å². The average Bonchev–Trinajstić information content (AvgIpc) is 3.42. The van der Waals surface area contributed by atoms with Gasteiger partial charge in [-0.25, -0.2) is 9.78 Å². The highest BCUT2D eigenvalue weighted by Crippen LogP contribution is 2.35. The Labute approximate surface area is 181 Å². The van der Waals surface area contributed by atoms with Gasteiger partial charge in [0, 0.05) is 17.8 Å². The summed E-state index contributed by atoms with van der Waals surface area (Å²) >= 11 is 2.78. The van der Waals surface area contributed by atoms with Crippen LogP contribution in [-0.2, 0) is 13.0 Å². The van der Waals surface area contributed by atoms with Gasteiger partial charge in [-0.3, -0.25) is 10.1 Å². The van der Waals surface area contributed by atoms with Crippen LogP contribution >= 0.6 is 22.7 Å². The highest BCUT2D eigenvalue weighted by atomic mass is 32.1. The van der Waals surface area contributed by atoms with Crippen molar-refractivity contribution in [1.29, 1.82) is 0 Å². The van der Waals surface area contributed by atoms with Crippen LogP contribution in [0.1, 0.15) is 20.2 Å². The molecule has 1 aliphatic rings. The molecule has 2 aromatic heterocycles. The largest absolute Gasteiger partial charge is 0.493 e. The summed E-state index contributed by atoms with van der Waals surface area (Å²) in [7, 11) is 3.08. The average molecular weight is 445 g/mol. The third kappa shape index (κ3) is 4.10. The Bertz CT molecular complexity index is 1060. The van der Waals surface area contributed by atoms with Crippen LogP contribution in [0.15, 0.2) is 35.7 Å². The van der Waals surface area contributed by atoms with Crippen molar-refractivity contribution in [2.24, 2.45) is 0 Å². The molecule has 1 aromatic carbocycles. The maximum atomic E-state index is 12.8. The first kappa shape index (κ1) is 20.2. The van der Waals surface area contributed by atoms with Crippen LogP contribution in [0.3, 0.4) is 0 Å². The minimum Gasteiger partial charge on any atom is -0.493 e. The summed E-state index contributed by atoms with van der Waals surface area (Å²) in [6.45, 7) is 0.965. The van der Waals surface area contributed by atoms with E-state index in [1.807, 2.05) is 11.4 Å². The molecule has 0 radical (unpaired) electrons. The summed E-state index contributed by atoms with van der Waals surface area (Å²) in [5.74, 6) is 0.850. The molecule has 0 spiro atoms. The molecule has 3 heterocycles. The van der Waals surface area contributed by atoms with Crippen molar-refractivity contribution in [1.82, 2.24) is 9.88 Å². The number of hydrogen-bond acceptors (Lipinski definition) is 7. The lowest BCUT2D eigenvalue weighted by Gasteiger charge is -2.26. The number of urea groups is 1. The molecule has 1 aliphatic heterocycles. The van der Waals surface area contributed by atoms with Gasteiger partial charge < -0.3 is 19.7 Å². The number of carbonyl (C=O) groups is 2. The topological polar surface area (TPSA) is 92.8 Å². The molecule has 3 amide bonds. The van der Waals surface area contributed by atoms with E-state index in [0.29, 0.717) is 46.7 Å². The van der Waals surface area contributed by atoms with Gasteiger partial charge >= 0.3 is 6.03 Å². The van der Waals surface area contributed by atoms with Crippen LogP contribution in [0.2, 0.25) is 0 Å². The van der Waals surface area contributed by atoms with E-state index >= 15 is 0 Å². The predicted octanol–water partition coefficient (Wildman–Crippen LogP) is 4.06. The number of carbonyl (C=O) groups excluding carboxylic acids is 2. The zero-order valence-corrected chi connectivity index (χ0v) is 18.1. The van der Waals surface area contributed by atoms with Crippen LogP contribution in [-0.4, -0.2) is 42.6 Å². The number of methoxy groups -OCH3 is 2. The summed E-state index contributed by atoms with van der Waals surface area (Å²) < 4.78 is 10.7. The highest BCUT2D eigenvalue weighted by Gasteiger charge is 2.25. The summed E-state index contributed by atoms with van der Waals surface area (Å²) in [6, 6.07) is 8.69. The molecule has 3 aromatic rings. The van der Waals surface area contributed by atoms with E-state index in [4.69, 9.17) is 9.47 Å². The maximum absolute atomic E-state index is 12.8. The van der Waals surface area contributed by atoms with Crippen molar-refractivity contribution < 1.29 is 19.1 Å². The standard InChI is InChI=1S/C20H20N4O4S2/c1-27-14-6-3-5-13(17(14)28-2)22-20(26)24-9-8-12-16(11-24)30-19(21-12)23-18(25)15-7-4-10-29-15/h3-7,10H,8-9,11H2,1-2H3,(H,22,26)(H,21,23,25). The minimum atomic E-state index is -0.232. The van der Waals surface area contributed by atoms with Gasteiger partial charge in [0.2, 0.25) is 0 Å². The Kier molecular flexibility index (Phi) is 5.86. The first-order valence-corrected chi connectivity index (χ1v) is 10.9. The number of hydrogen-bond donors (Lipinski definition) is 2. The van der Waals surface area contributed by atoms with Crippen LogP contribution in [0.4, 0.5) is 15.6 Å². The lowest BCUT2D eigenvalue weighted by atomic mass is 10.2. The van der Waals surface area contributed by atoms with Crippen LogP contribution in [0.25, 0.3) is 0 Å². The van der Waals surface area contributed by atoms with Crippen LogP contribution in [0, 0.1) is 0 Å². The van der Waals surface area contributed by atoms with Gasteiger partial charge in [0.1, 0.15) is 0 Å². The normalized spacial score (nSPS) is 12.8. The van der Waals surface area contributed by atoms with E-state index < -0.39 is 0 Å². The molecule has 2 N–H and O–H groups in total. The summed E-state index contributed by atoms with van der Waals surface area (Å²) in [6.07, 6.45) is 0.628. The first-order valence-electron chi connectivity index (χ1n) is 9.19. The number of amides is 3. The smallest absolute Gasteiger partial charge is 0.322 e. The minimum absolute atomic E-state index is 0.171. The van der Waals surface area contributed by atoms with E-state index in [-0.39, 0.29) is 11.9 Å². The Morgan fingerprint density at radius 1 is 1.13 bits per heavy atom. The van der Waals surface area contributed by atoms with Crippen LogP contribution in [0.5, 0.6) is 11.5 Å². The second-order valence-electron chi connectivity index (χ2n) is 6.46. The van der Waals surface area contributed by atoms with E-state index in [0.717, 1.165) is 10.6 Å². The maximum Gasteiger partial charge on any atom is 0.322 e. The van der Waals surface area contributed by atoms with E-state index in [1.54, 1.807) is 36.3 Å². The monoisotopic (exact) mass is 444 g/mol. The number of ether oxygens (including phenoxy) is 2. The number of benzene rings is 1. The van der Waals surface area contributed by atoms with Crippen LogP contribution < -0.4 is 20.1 Å². The Balaban J connectivity index is 1.44. The zero-order valence-electron chi connectivity index (χ0n) is 16.4. The lowest BCUT2D eigenvalue weighted by Crippen LogP contribution is -2.38.